The second kappa shape index (κ2) is 7.75. The molecule has 2 aromatic heterocycles. The number of ether oxygens (including phenoxy) is 1. The van der Waals surface area contributed by atoms with Gasteiger partial charge in [0.1, 0.15) is 17.1 Å². The van der Waals surface area contributed by atoms with Crippen molar-refractivity contribution in [2.45, 2.75) is 0 Å². The number of carbonyl (C=O) groups is 1. The van der Waals surface area contributed by atoms with Crippen LogP contribution in [0.15, 0.2) is 64.0 Å². The fourth-order valence-electron chi connectivity index (χ4n) is 3.09. The molecule has 1 N–H and O–H groups in total. The Morgan fingerprint density at radius 2 is 1.87 bits per heavy atom. The number of benzene rings is 2. The zero-order chi connectivity index (χ0) is 21.4. The Kier molecular flexibility index (Phi) is 5.13. The molecule has 0 unspecified atom stereocenters. The summed E-state index contributed by atoms with van der Waals surface area (Å²) >= 11 is 3.23. The number of rotatable bonds is 4. The van der Waals surface area contributed by atoms with Crippen molar-refractivity contribution in [3.05, 3.63) is 81.1 Å². The molecule has 0 spiro atoms. The Morgan fingerprint density at radius 1 is 1.10 bits per heavy atom. The van der Waals surface area contributed by atoms with E-state index in [-0.39, 0.29) is 17.1 Å². The summed E-state index contributed by atoms with van der Waals surface area (Å²) in [5.74, 6) is -0.448. The monoisotopic (exact) mass is 470 g/mol. The van der Waals surface area contributed by atoms with Gasteiger partial charge in [0.25, 0.3) is 5.91 Å². The number of carbonyl (C=O) groups excluding carboxylic acids is 1. The number of nitrogens with zero attached hydrogens (tertiary/aromatic N) is 3. The highest BCUT2D eigenvalue weighted by Crippen LogP contribution is 2.31. The molecule has 0 saturated heterocycles. The molecule has 0 aliphatic heterocycles. The highest BCUT2D eigenvalue weighted by molar-refractivity contribution is 9.10. The predicted molar refractivity (Wildman–Crippen MR) is 115 cm³/mol. The molecule has 0 radical (unpaired) electrons. The molecule has 30 heavy (non-hydrogen) atoms. The lowest BCUT2D eigenvalue weighted by molar-refractivity contribution is 0.102. The summed E-state index contributed by atoms with van der Waals surface area (Å²) in [6.07, 6.45) is 1.50. The first kappa shape index (κ1) is 19.8. The number of fused-ring (bicyclic) bond motifs is 1. The first-order valence-electron chi connectivity index (χ1n) is 8.90. The van der Waals surface area contributed by atoms with Crippen LogP contribution >= 0.6 is 15.9 Å². The minimum absolute atomic E-state index is 0.0792. The summed E-state index contributed by atoms with van der Waals surface area (Å²) < 4.78 is 22.5. The van der Waals surface area contributed by atoms with Crippen molar-refractivity contribution in [1.29, 1.82) is 0 Å². The van der Waals surface area contributed by atoms with E-state index in [2.05, 4.69) is 26.2 Å². The van der Waals surface area contributed by atoms with Crippen LogP contribution in [-0.4, -0.2) is 20.0 Å². The molecule has 1 amide bonds. The van der Waals surface area contributed by atoms with Crippen LogP contribution in [0.5, 0.6) is 11.6 Å². The van der Waals surface area contributed by atoms with Gasteiger partial charge in [0.15, 0.2) is 0 Å². The van der Waals surface area contributed by atoms with Crippen LogP contribution in [0, 0.1) is 5.82 Å². The van der Waals surface area contributed by atoms with Gasteiger partial charge in [0.2, 0.25) is 5.88 Å². The van der Waals surface area contributed by atoms with E-state index in [0.29, 0.717) is 21.4 Å². The largest absolute Gasteiger partial charge is 0.437 e. The maximum Gasteiger partial charge on any atom is 0.328 e. The predicted octanol–water partition coefficient (Wildman–Crippen LogP) is 4.22. The molecule has 0 atom stereocenters. The van der Waals surface area contributed by atoms with Gasteiger partial charge in [0.05, 0.1) is 15.5 Å². The minimum atomic E-state index is -0.434. The van der Waals surface area contributed by atoms with Crippen molar-refractivity contribution < 1.29 is 13.9 Å². The van der Waals surface area contributed by atoms with Gasteiger partial charge in [-0.3, -0.25) is 13.9 Å². The number of amides is 1. The van der Waals surface area contributed by atoms with Crippen molar-refractivity contribution in [2.75, 3.05) is 5.32 Å². The molecule has 2 aromatic carbocycles. The van der Waals surface area contributed by atoms with Gasteiger partial charge >= 0.3 is 5.69 Å². The average molecular weight is 471 g/mol. The normalized spacial score (nSPS) is 10.9. The topological polar surface area (TPSA) is 78.2 Å². The number of imidazole rings is 1. The standard InChI is InChI=1S/C21H16BrFN4O3/c1-26-16-7-6-13(11-17(16)27(2)21(26)29)25-19(28)14-4-3-9-24-20(14)30-18-8-5-12(23)10-15(18)22/h3-11H,1-2H3,(H,25,28). The van der Waals surface area contributed by atoms with Gasteiger partial charge in [-0.05, 0) is 64.5 Å². The molecular weight excluding hydrogens is 455 g/mol. The number of hydrogen-bond donors (Lipinski definition) is 1. The van der Waals surface area contributed by atoms with E-state index >= 15 is 0 Å². The van der Waals surface area contributed by atoms with Crippen LogP contribution in [0.3, 0.4) is 0 Å². The van der Waals surface area contributed by atoms with Gasteiger partial charge < -0.3 is 10.1 Å². The van der Waals surface area contributed by atoms with Gasteiger partial charge in [-0.15, -0.1) is 0 Å². The van der Waals surface area contributed by atoms with E-state index in [9.17, 15) is 14.0 Å². The van der Waals surface area contributed by atoms with Crippen LogP contribution in [0.2, 0.25) is 0 Å². The lowest BCUT2D eigenvalue weighted by Gasteiger charge is -2.11. The van der Waals surface area contributed by atoms with E-state index < -0.39 is 11.7 Å². The summed E-state index contributed by atoms with van der Waals surface area (Å²) in [6, 6.07) is 12.4. The van der Waals surface area contributed by atoms with Gasteiger partial charge in [-0.25, -0.2) is 14.2 Å². The Morgan fingerprint density at radius 3 is 2.63 bits per heavy atom. The molecule has 4 aromatic rings. The van der Waals surface area contributed by atoms with Gasteiger partial charge in [-0.1, -0.05) is 0 Å². The second-order valence-corrected chi connectivity index (χ2v) is 7.45. The van der Waals surface area contributed by atoms with Crippen LogP contribution in [0.25, 0.3) is 11.0 Å². The smallest absolute Gasteiger partial charge is 0.328 e. The Balaban J connectivity index is 1.64. The molecule has 0 fully saturated rings. The van der Waals surface area contributed by atoms with Crippen molar-refractivity contribution in [3.63, 3.8) is 0 Å². The summed E-state index contributed by atoms with van der Waals surface area (Å²) in [4.78, 5) is 29.1. The molecule has 7 nitrogen and oxygen atoms in total. The maximum atomic E-state index is 13.3. The number of anilines is 1. The maximum absolute atomic E-state index is 13.3. The number of nitrogens with one attached hydrogen (secondary N) is 1. The van der Waals surface area contributed by atoms with Crippen LogP contribution in [0.1, 0.15) is 10.4 Å². The zero-order valence-corrected chi connectivity index (χ0v) is 17.6. The molecular formula is C21H16BrFN4O3. The lowest BCUT2D eigenvalue weighted by atomic mass is 10.2. The molecule has 0 aliphatic rings. The van der Waals surface area contributed by atoms with Crippen LogP contribution in [-0.2, 0) is 14.1 Å². The summed E-state index contributed by atoms with van der Waals surface area (Å²) in [6.45, 7) is 0. The van der Waals surface area contributed by atoms with Crippen molar-refractivity contribution in [1.82, 2.24) is 14.1 Å². The minimum Gasteiger partial charge on any atom is -0.437 e. The summed E-state index contributed by atoms with van der Waals surface area (Å²) in [7, 11) is 3.36. The number of aryl methyl sites for hydroxylation is 2. The van der Waals surface area contributed by atoms with E-state index in [0.717, 1.165) is 5.52 Å². The molecule has 152 valence electrons. The number of hydrogen-bond acceptors (Lipinski definition) is 4. The lowest BCUT2D eigenvalue weighted by Crippen LogP contribution is -2.19. The van der Waals surface area contributed by atoms with Gasteiger partial charge in [-0.2, -0.15) is 0 Å². The third kappa shape index (κ3) is 3.59. The third-order valence-electron chi connectivity index (χ3n) is 4.65. The quantitative estimate of drug-likeness (QED) is 0.484. The fourth-order valence-corrected chi connectivity index (χ4v) is 3.52. The number of pyridine rings is 1. The highest BCUT2D eigenvalue weighted by Gasteiger charge is 2.17. The number of halogens is 2. The van der Waals surface area contributed by atoms with E-state index in [1.807, 2.05) is 0 Å². The molecule has 9 heteroatoms. The van der Waals surface area contributed by atoms with Crippen molar-refractivity contribution >= 4 is 38.6 Å². The Bertz CT molecular complexity index is 1350. The molecule has 0 aliphatic carbocycles. The van der Waals surface area contributed by atoms with Crippen LogP contribution < -0.4 is 15.7 Å². The summed E-state index contributed by atoms with van der Waals surface area (Å²) in [5, 5.41) is 2.80. The fraction of sp³-hybridized carbons (Fsp3) is 0.0952. The highest BCUT2D eigenvalue weighted by atomic mass is 79.9. The Labute approximate surface area is 178 Å². The molecule has 0 saturated carbocycles. The first-order valence-corrected chi connectivity index (χ1v) is 9.69. The van der Waals surface area contributed by atoms with E-state index in [4.69, 9.17) is 4.74 Å². The van der Waals surface area contributed by atoms with Crippen LogP contribution in [0.4, 0.5) is 10.1 Å². The SMILES string of the molecule is Cn1c(=O)n(C)c2cc(NC(=O)c3cccnc3Oc3ccc(F)cc3Br)ccc21. The van der Waals surface area contributed by atoms with E-state index in [1.165, 1.54) is 33.5 Å². The number of aromatic nitrogens is 3. The molecule has 4 rings (SSSR count). The third-order valence-corrected chi connectivity index (χ3v) is 5.27. The Hall–Kier alpha value is -3.46. The first-order chi connectivity index (χ1) is 14.3. The zero-order valence-electron chi connectivity index (χ0n) is 16.0. The van der Waals surface area contributed by atoms with E-state index in [1.54, 1.807) is 44.4 Å². The second-order valence-electron chi connectivity index (χ2n) is 6.59. The molecule has 0 bridgehead atoms. The van der Waals surface area contributed by atoms with Gasteiger partial charge in [0, 0.05) is 26.0 Å². The van der Waals surface area contributed by atoms with Crippen molar-refractivity contribution in [3.8, 4) is 11.6 Å². The van der Waals surface area contributed by atoms with Crippen molar-refractivity contribution in [2.24, 2.45) is 14.1 Å². The molecule has 2 heterocycles. The average Bonchev–Trinajstić information content (AvgIpc) is 2.94. The summed E-state index contributed by atoms with van der Waals surface area (Å²) in [5.41, 5.74) is 2.02.